The number of aromatic nitrogens is 2. The molecule has 68 valence electrons. The van der Waals surface area contributed by atoms with Crippen LogP contribution in [0.4, 0.5) is 0 Å². The fourth-order valence-corrected chi connectivity index (χ4v) is 1.17. The summed E-state index contributed by atoms with van der Waals surface area (Å²) in [6.45, 7) is 4.24. The Balaban J connectivity index is 2.29. The lowest BCUT2D eigenvalue weighted by Gasteiger charge is -2.09. The molecule has 12 heavy (non-hydrogen) atoms. The van der Waals surface area contributed by atoms with Crippen molar-refractivity contribution in [1.29, 1.82) is 0 Å². The van der Waals surface area contributed by atoms with Crippen LogP contribution in [0.15, 0.2) is 12.3 Å². The van der Waals surface area contributed by atoms with Crippen molar-refractivity contribution in [2.75, 3.05) is 20.6 Å². The van der Waals surface area contributed by atoms with Crippen molar-refractivity contribution in [3.8, 4) is 0 Å². The third-order valence-corrected chi connectivity index (χ3v) is 1.90. The largest absolute Gasteiger partial charge is 0.309 e. The SMILES string of the molecule is Cc1ccnn1CCCN(C)C. The van der Waals surface area contributed by atoms with Gasteiger partial charge in [0, 0.05) is 18.4 Å². The van der Waals surface area contributed by atoms with Gasteiger partial charge < -0.3 is 4.90 Å². The van der Waals surface area contributed by atoms with E-state index >= 15 is 0 Å². The molecule has 0 spiro atoms. The van der Waals surface area contributed by atoms with E-state index < -0.39 is 0 Å². The van der Waals surface area contributed by atoms with Crippen LogP contribution >= 0.6 is 0 Å². The van der Waals surface area contributed by atoms with Crippen LogP contribution in [0.2, 0.25) is 0 Å². The van der Waals surface area contributed by atoms with Crippen molar-refractivity contribution in [2.24, 2.45) is 0 Å². The van der Waals surface area contributed by atoms with Crippen LogP contribution in [0.5, 0.6) is 0 Å². The van der Waals surface area contributed by atoms with Gasteiger partial charge in [0.1, 0.15) is 0 Å². The van der Waals surface area contributed by atoms with Gasteiger partial charge in [0.05, 0.1) is 0 Å². The summed E-state index contributed by atoms with van der Waals surface area (Å²) in [5, 5.41) is 4.21. The zero-order valence-corrected chi connectivity index (χ0v) is 8.12. The molecule has 0 N–H and O–H groups in total. The first-order chi connectivity index (χ1) is 5.70. The summed E-state index contributed by atoms with van der Waals surface area (Å²) in [5.41, 5.74) is 1.24. The molecule has 1 heterocycles. The minimum Gasteiger partial charge on any atom is -0.309 e. The minimum atomic E-state index is 1.02. The zero-order valence-electron chi connectivity index (χ0n) is 8.12. The molecule has 0 bridgehead atoms. The Morgan fingerprint density at radius 2 is 2.25 bits per heavy atom. The Morgan fingerprint density at radius 1 is 1.50 bits per heavy atom. The van der Waals surface area contributed by atoms with Crippen LogP contribution in [0.1, 0.15) is 12.1 Å². The van der Waals surface area contributed by atoms with Gasteiger partial charge in [-0.15, -0.1) is 0 Å². The fraction of sp³-hybridized carbons (Fsp3) is 0.667. The zero-order chi connectivity index (χ0) is 8.97. The van der Waals surface area contributed by atoms with Gasteiger partial charge in [0.15, 0.2) is 0 Å². The molecule has 0 atom stereocenters. The molecule has 0 aromatic carbocycles. The summed E-state index contributed by atoms with van der Waals surface area (Å²) in [6.07, 6.45) is 3.01. The van der Waals surface area contributed by atoms with Crippen LogP contribution in [0.25, 0.3) is 0 Å². The second-order valence-corrected chi connectivity index (χ2v) is 3.35. The Bertz CT molecular complexity index is 227. The number of hydrogen-bond acceptors (Lipinski definition) is 2. The number of nitrogens with zero attached hydrogens (tertiary/aromatic N) is 3. The second-order valence-electron chi connectivity index (χ2n) is 3.35. The summed E-state index contributed by atoms with van der Waals surface area (Å²) in [5.74, 6) is 0. The smallest absolute Gasteiger partial charge is 0.0492 e. The molecule has 0 radical (unpaired) electrons. The Labute approximate surface area is 74.0 Å². The maximum Gasteiger partial charge on any atom is 0.0492 e. The molecule has 0 saturated heterocycles. The van der Waals surface area contributed by atoms with E-state index in [4.69, 9.17) is 0 Å². The van der Waals surface area contributed by atoms with E-state index in [-0.39, 0.29) is 0 Å². The van der Waals surface area contributed by atoms with Crippen molar-refractivity contribution < 1.29 is 0 Å². The van der Waals surface area contributed by atoms with E-state index in [0.29, 0.717) is 0 Å². The van der Waals surface area contributed by atoms with Gasteiger partial charge in [-0.25, -0.2) is 0 Å². The molecule has 3 nitrogen and oxygen atoms in total. The van der Waals surface area contributed by atoms with Gasteiger partial charge in [-0.05, 0) is 40.1 Å². The summed E-state index contributed by atoms with van der Waals surface area (Å²) >= 11 is 0. The lowest BCUT2D eigenvalue weighted by Crippen LogP contribution is -2.15. The fourth-order valence-electron chi connectivity index (χ4n) is 1.17. The van der Waals surface area contributed by atoms with Crippen LogP contribution in [0.3, 0.4) is 0 Å². The van der Waals surface area contributed by atoms with E-state index in [0.717, 1.165) is 19.5 Å². The van der Waals surface area contributed by atoms with Crippen molar-refractivity contribution in [3.05, 3.63) is 18.0 Å². The van der Waals surface area contributed by atoms with Crippen LogP contribution < -0.4 is 0 Å². The monoisotopic (exact) mass is 167 g/mol. The topological polar surface area (TPSA) is 21.1 Å². The van der Waals surface area contributed by atoms with Gasteiger partial charge in [-0.1, -0.05) is 0 Å². The average molecular weight is 167 g/mol. The molecule has 0 amide bonds. The molecule has 3 heteroatoms. The molecule has 1 aromatic heterocycles. The van der Waals surface area contributed by atoms with E-state index in [1.54, 1.807) is 0 Å². The molecular weight excluding hydrogens is 150 g/mol. The van der Waals surface area contributed by atoms with E-state index in [9.17, 15) is 0 Å². The molecule has 0 aliphatic heterocycles. The second kappa shape index (κ2) is 4.26. The maximum absolute atomic E-state index is 4.21. The minimum absolute atomic E-state index is 1.02. The van der Waals surface area contributed by atoms with Gasteiger partial charge in [-0.3, -0.25) is 4.68 Å². The first kappa shape index (κ1) is 9.26. The van der Waals surface area contributed by atoms with Gasteiger partial charge in [-0.2, -0.15) is 5.10 Å². The summed E-state index contributed by atoms with van der Waals surface area (Å²) < 4.78 is 2.05. The highest BCUT2D eigenvalue weighted by molar-refractivity contribution is 4.96. The third-order valence-electron chi connectivity index (χ3n) is 1.90. The molecule has 1 rings (SSSR count). The van der Waals surface area contributed by atoms with Crippen LogP contribution in [0, 0.1) is 6.92 Å². The lowest BCUT2D eigenvalue weighted by atomic mass is 10.4. The molecule has 0 aliphatic carbocycles. The number of rotatable bonds is 4. The summed E-state index contributed by atoms with van der Waals surface area (Å²) in [6, 6.07) is 2.04. The van der Waals surface area contributed by atoms with E-state index in [1.165, 1.54) is 5.69 Å². The average Bonchev–Trinajstić information content (AvgIpc) is 2.36. The van der Waals surface area contributed by atoms with Gasteiger partial charge in [0.2, 0.25) is 0 Å². The van der Waals surface area contributed by atoms with E-state index in [2.05, 4.69) is 31.0 Å². The normalized spacial score (nSPS) is 11.0. The van der Waals surface area contributed by atoms with Gasteiger partial charge >= 0.3 is 0 Å². The first-order valence-electron chi connectivity index (χ1n) is 4.33. The van der Waals surface area contributed by atoms with E-state index in [1.807, 2.05) is 16.9 Å². The Morgan fingerprint density at radius 3 is 2.75 bits per heavy atom. The highest BCUT2D eigenvalue weighted by Crippen LogP contribution is 1.97. The predicted molar refractivity (Wildman–Crippen MR) is 50.1 cm³/mol. The maximum atomic E-state index is 4.21. The first-order valence-corrected chi connectivity index (χ1v) is 4.33. The third kappa shape index (κ3) is 2.66. The Hall–Kier alpha value is -0.830. The number of hydrogen-bond donors (Lipinski definition) is 0. The van der Waals surface area contributed by atoms with Crippen LogP contribution in [-0.4, -0.2) is 35.3 Å². The van der Waals surface area contributed by atoms with Crippen molar-refractivity contribution in [1.82, 2.24) is 14.7 Å². The molecule has 0 fully saturated rings. The lowest BCUT2D eigenvalue weighted by molar-refractivity contribution is 0.379. The molecule has 0 saturated carbocycles. The molecule has 0 unspecified atom stereocenters. The van der Waals surface area contributed by atoms with Gasteiger partial charge in [0.25, 0.3) is 0 Å². The van der Waals surface area contributed by atoms with Crippen molar-refractivity contribution in [3.63, 3.8) is 0 Å². The molecule has 1 aromatic rings. The molecule has 0 aliphatic rings. The summed E-state index contributed by atoms with van der Waals surface area (Å²) in [7, 11) is 4.19. The van der Waals surface area contributed by atoms with Crippen molar-refractivity contribution in [2.45, 2.75) is 19.9 Å². The highest BCUT2D eigenvalue weighted by atomic mass is 15.3. The standard InChI is InChI=1S/C9H17N3/c1-9-5-6-10-12(9)8-4-7-11(2)3/h5-6H,4,7-8H2,1-3H3. The van der Waals surface area contributed by atoms with Crippen molar-refractivity contribution >= 4 is 0 Å². The number of aryl methyl sites for hydroxylation is 2. The highest BCUT2D eigenvalue weighted by Gasteiger charge is 1.96. The van der Waals surface area contributed by atoms with Crippen LogP contribution in [-0.2, 0) is 6.54 Å². The molecular formula is C9H17N3. The Kier molecular flexibility index (Phi) is 3.29. The summed E-state index contributed by atoms with van der Waals surface area (Å²) in [4.78, 5) is 2.19. The predicted octanol–water partition coefficient (Wildman–Crippen LogP) is 1.14. The quantitative estimate of drug-likeness (QED) is 0.670.